The van der Waals surface area contributed by atoms with Gasteiger partial charge in [-0.2, -0.15) is 0 Å². The molecule has 0 spiro atoms. The molecule has 0 aromatic carbocycles. The number of ketones is 1. The predicted octanol–water partition coefficient (Wildman–Crippen LogP) is 4.26. The average Bonchev–Trinajstić information content (AvgIpc) is 2.78. The second-order valence-corrected chi connectivity index (χ2v) is 13.4. The van der Waals surface area contributed by atoms with Gasteiger partial charge in [0.15, 0.2) is 8.32 Å². The zero-order valence-corrected chi connectivity index (χ0v) is 14.7. The number of hydrogen-bond donors (Lipinski definition) is 0. The van der Waals surface area contributed by atoms with E-state index in [2.05, 4.69) is 47.7 Å². The maximum Gasteiger partial charge on any atom is 0.192 e. The van der Waals surface area contributed by atoms with Crippen LogP contribution >= 0.6 is 0 Å². The van der Waals surface area contributed by atoms with E-state index in [1.54, 1.807) is 0 Å². The van der Waals surface area contributed by atoms with E-state index in [0.717, 1.165) is 18.8 Å². The third kappa shape index (κ3) is 2.56. The molecule has 0 heterocycles. The molecule has 3 atom stereocenters. The van der Waals surface area contributed by atoms with E-state index in [1.165, 1.54) is 0 Å². The molecule has 0 unspecified atom stereocenters. The highest BCUT2D eigenvalue weighted by Crippen LogP contribution is 2.66. The van der Waals surface area contributed by atoms with Gasteiger partial charge in [-0.15, -0.1) is 0 Å². The lowest BCUT2D eigenvalue weighted by atomic mass is 9.88. The van der Waals surface area contributed by atoms with E-state index in [-0.39, 0.29) is 11.0 Å². The molecular weight excluding hydrogens is 252 g/mol. The number of fused-ring (bicyclic) bond motifs is 1. The maximum absolute atomic E-state index is 12.2. The molecular formula is C16H30O2Si. The molecule has 0 amide bonds. The van der Waals surface area contributed by atoms with Crippen molar-refractivity contribution in [2.75, 3.05) is 6.61 Å². The highest BCUT2D eigenvalue weighted by Gasteiger charge is 2.63. The van der Waals surface area contributed by atoms with Crippen LogP contribution in [0, 0.1) is 23.2 Å². The van der Waals surface area contributed by atoms with Crippen LogP contribution in [-0.2, 0) is 9.22 Å². The van der Waals surface area contributed by atoms with E-state index in [9.17, 15) is 4.79 Å². The first-order valence-corrected chi connectivity index (χ1v) is 10.6. The fourth-order valence-corrected chi connectivity index (χ4v) is 4.56. The number of carbonyl (C=O) groups is 1. The van der Waals surface area contributed by atoms with Gasteiger partial charge in [0.25, 0.3) is 0 Å². The van der Waals surface area contributed by atoms with Gasteiger partial charge in [-0.3, -0.25) is 4.79 Å². The Balaban J connectivity index is 2.01. The standard InChI is InChI=1S/C16H30O2Si/c1-15(2,3)19(6,7)18-10-11-13(17)9-8-12-14(11)16(12,4)5/h11-12,14H,8-10H2,1-7H3/t11-,12-,14+/m1/s1. The molecule has 110 valence electrons. The van der Waals surface area contributed by atoms with E-state index in [4.69, 9.17) is 4.43 Å². The van der Waals surface area contributed by atoms with Gasteiger partial charge < -0.3 is 4.43 Å². The topological polar surface area (TPSA) is 26.3 Å². The minimum Gasteiger partial charge on any atom is -0.416 e. The lowest BCUT2D eigenvalue weighted by Gasteiger charge is -2.37. The first-order chi connectivity index (χ1) is 8.48. The van der Waals surface area contributed by atoms with Crippen LogP contribution in [0.5, 0.6) is 0 Å². The predicted molar refractivity (Wildman–Crippen MR) is 81.6 cm³/mol. The largest absolute Gasteiger partial charge is 0.416 e. The Morgan fingerprint density at radius 1 is 1.32 bits per heavy atom. The summed E-state index contributed by atoms with van der Waals surface area (Å²) >= 11 is 0. The second kappa shape index (κ2) is 4.42. The number of carbonyl (C=O) groups excluding carboxylic acids is 1. The molecule has 3 heteroatoms. The molecule has 0 aromatic heterocycles. The summed E-state index contributed by atoms with van der Waals surface area (Å²) in [6.45, 7) is 16.6. The highest BCUT2D eigenvalue weighted by atomic mass is 28.4. The average molecular weight is 282 g/mol. The van der Waals surface area contributed by atoms with E-state index in [0.29, 0.717) is 23.7 Å². The van der Waals surface area contributed by atoms with Crippen molar-refractivity contribution in [1.82, 2.24) is 0 Å². The maximum atomic E-state index is 12.2. The van der Waals surface area contributed by atoms with Crippen LogP contribution in [0.15, 0.2) is 0 Å². The van der Waals surface area contributed by atoms with Crippen molar-refractivity contribution in [2.45, 2.75) is 65.6 Å². The number of rotatable bonds is 3. The third-order valence-electron chi connectivity index (χ3n) is 6.12. The summed E-state index contributed by atoms with van der Waals surface area (Å²) in [6, 6.07) is 0. The molecule has 0 bridgehead atoms. The smallest absolute Gasteiger partial charge is 0.192 e. The molecule has 2 aliphatic rings. The Bertz CT molecular complexity index is 379. The van der Waals surface area contributed by atoms with Crippen LogP contribution in [0.2, 0.25) is 18.1 Å². The summed E-state index contributed by atoms with van der Waals surface area (Å²) in [5, 5.41) is 0.225. The van der Waals surface area contributed by atoms with Crippen molar-refractivity contribution in [3.63, 3.8) is 0 Å². The molecule has 2 aliphatic carbocycles. The second-order valence-electron chi connectivity index (χ2n) is 8.64. The molecule has 0 saturated heterocycles. The summed E-state index contributed by atoms with van der Waals surface area (Å²) < 4.78 is 6.31. The van der Waals surface area contributed by atoms with Crippen molar-refractivity contribution < 1.29 is 9.22 Å². The van der Waals surface area contributed by atoms with E-state index in [1.807, 2.05) is 0 Å². The summed E-state index contributed by atoms with van der Waals surface area (Å²) in [5.74, 6) is 1.96. The zero-order chi connectivity index (χ0) is 14.6. The molecule has 0 aromatic rings. The van der Waals surface area contributed by atoms with Crippen LogP contribution in [0.25, 0.3) is 0 Å². The van der Waals surface area contributed by atoms with Gasteiger partial charge in [0.2, 0.25) is 0 Å². The monoisotopic (exact) mass is 282 g/mol. The van der Waals surface area contributed by atoms with Crippen molar-refractivity contribution in [2.24, 2.45) is 23.2 Å². The van der Waals surface area contributed by atoms with Gasteiger partial charge >= 0.3 is 0 Å². The molecule has 2 nitrogen and oxygen atoms in total. The quantitative estimate of drug-likeness (QED) is 0.723. The Morgan fingerprint density at radius 3 is 2.42 bits per heavy atom. The Morgan fingerprint density at radius 2 is 1.89 bits per heavy atom. The SMILES string of the molecule is CC1(C)[C@H]2[C@H](CO[Si](C)(C)C(C)(C)C)C(=O)CC[C@H]21. The van der Waals surface area contributed by atoms with Crippen LogP contribution in [-0.4, -0.2) is 20.7 Å². The Hall–Kier alpha value is -0.153. The van der Waals surface area contributed by atoms with Crippen LogP contribution in [0.1, 0.15) is 47.5 Å². The third-order valence-corrected chi connectivity index (χ3v) is 10.6. The van der Waals surface area contributed by atoms with Gasteiger partial charge in [0.05, 0.1) is 0 Å². The summed E-state index contributed by atoms with van der Waals surface area (Å²) in [7, 11) is -1.73. The zero-order valence-electron chi connectivity index (χ0n) is 13.7. The van der Waals surface area contributed by atoms with Gasteiger partial charge in [-0.25, -0.2) is 0 Å². The number of Topliss-reactive ketones (excluding diaryl/α,β-unsaturated/α-hetero) is 1. The first kappa shape index (κ1) is 15.2. The summed E-state index contributed by atoms with van der Waals surface area (Å²) in [4.78, 5) is 12.2. The lowest BCUT2D eigenvalue weighted by Crippen LogP contribution is -2.43. The first-order valence-electron chi connectivity index (χ1n) is 7.65. The lowest BCUT2D eigenvalue weighted by molar-refractivity contribution is -0.126. The summed E-state index contributed by atoms with van der Waals surface area (Å²) in [6.07, 6.45) is 1.88. The molecule has 2 saturated carbocycles. The summed E-state index contributed by atoms with van der Waals surface area (Å²) in [5.41, 5.74) is 0.369. The highest BCUT2D eigenvalue weighted by molar-refractivity contribution is 6.74. The fraction of sp³-hybridized carbons (Fsp3) is 0.938. The van der Waals surface area contributed by atoms with Gasteiger partial charge in [-0.1, -0.05) is 34.6 Å². The minimum absolute atomic E-state index is 0.169. The van der Waals surface area contributed by atoms with Gasteiger partial charge in [-0.05, 0) is 41.8 Å². The van der Waals surface area contributed by atoms with Crippen molar-refractivity contribution >= 4 is 14.1 Å². The van der Waals surface area contributed by atoms with Crippen LogP contribution in [0.4, 0.5) is 0 Å². The molecule has 2 rings (SSSR count). The van der Waals surface area contributed by atoms with Crippen molar-refractivity contribution in [1.29, 1.82) is 0 Å². The molecule has 0 radical (unpaired) electrons. The molecule has 19 heavy (non-hydrogen) atoms. The fourth-order valence-electron chi connectivity index (χ4n) is 3.53. The molecule has 0 aliphatic heterocycles. The Kier molecular flexibility index (Phi) is 3.55. The van der Waals surface area contributed by atoms with Crippen molar-refractivity contribution in [3.8, 4) is 0 Å². The van der Waals surface area contributed by atoms with Crippen LogP contribution < -0.4 is 0 Å². The van der Waals surface area contributed by atoms with Crippen molar-refractivity contribution in [3.05, 3.63) is 0 Å². The minimum atomic E-state index is -1.73. The normalized spacial score (nSPS) is 34.1. The van der Waals surface area contributed by atoms with Gasteiger partial charge in [0.1, 0.15) is 5.78 Å². The molecule has 0 N–H and O–H groups in total. The van der Waals surface area contributed by atoms with E-state index < -0.39 is 8.32 Å². The van der Waals surface area contributed by atoms with E-state index >= 15 is 0 Å². The molecule has 2 fully saturated rings. The Labute approximate surface area is 119 Å². The number of hydrogen-bond acceptors (Lipinski definition) is 2. The van der Waals surface area contributed by atoms with Gasteiger partial charge in [0, 0.05) is 18.9 Å². The van der Waals surface area contributed by atoms with Crippen LogP contribution in [0.3, 0.4) is 0 Å².